The van der Waals surface area contributed by atoms with Gasteiger partial charge in [0, 0.05) is 17.5 Å². The van der Waals surface area contributed by atoms with E-state index in [1.165, 1.54) is 37.9 Å². The Morgan fingerprint density at radius 2 is 2.00 bits per heavy atom. The minimum atomic E-state index is 0.701. The molecule has 2 nitrogen and oxygen atoms in total. The van der Waals surface area contributed by atoms with Crippen LogP contribution >= 0.6 is 11.6 Å². The van der Waals surface area contributed by atoms with Crippen LogP contribution in [0.4, 0.5) is 0 Å². The van der Waals surface area contributed by atoms with Crippen molar-refractivity contribution >= 4 is 22.6 Å². The number of benzene rings is 1. The molecular formula is C14H16ClNO. The minimum absolute atomic E-state index is 0.701. The van der Waals surface area contributed by atoms with Gasteiger partial charge >= 0.3 is 0 Å². The van der Waals surface area contributed by atoms with Crippen molar-refractivity contribution in [3.05, 3.63) is 35.0 Å². The van der Waals surface area contributed by atoms with Crippen molar-refractivity contribution in [1.82, 2.24) is 4.90 Å². The van der Waals surface area contributed by atoms with Gasteiger partial charge in [-0.05, 0) is 32.0 Å². The van der Waals surface area contributed by atoms with E-state index >= 15 is 0 Å². The highest BCUT2D eigenvalue weighted by Crippen LogP contribution is 2.28. The Morgan fingerprint density at radius 1 is 1.18 bits per heavy atom. The molecule has 0 atom stereocenters. The van der Waals surface area contributed by atoms with Crippen LogP contribution in [-0.2, 0) is 6.54 Å². The van der Waals surface area contributed by atoms with Crippen molar-refractivity contribution in [1.29, 1.82) is 0 Å². The predicted molar refractivity (Wildman–Crippen MR) is 70.4 cm³/mol. The molecule has 1 aliphatic heterocycles. The first-order chi connectivity index (χ1) is 8.34. The molecule has 3 heteroatoms. The second kappa shape index (κ2) is 4.71. The quantitative estimate of drug-likeness (QED) is 0.798. The Bertz CT molecular complexity index is 514. The second-order valence-electron chi connectivity index (χ2n) is 4.71. The molecule has 0 aliphatic carbocycles. The summed E-state index contributed by atoms with van der Waals surface area (Å²) in [5.74, 6) is 0. The van der Waals surface area contributed by atoms with Crippen molar-refractivity contribution in [2.45, 2.75) is 25.8 Å². The van der Waals surface area contributed by atoms with Crippen LogP contribution < -0.4 is 0 Å². The summed E-state index contributed by atoms with van der Waals surface area (Å²) < 4.78 is 5.56. The van der Waals surface area contributed by atoms with Crippen LogP contribution in [0.5, 0.6) is 0 Å². The molecular weight excluding hydrogens is 234 g/mol. The first-order valence-electron chi connectivity index (χ1n) is 6.21. The number of para-hydroxylation sites is 1. The lowest BCUT2D eigenvalue weighted by atomic mass is 10.1. The monoisotopic (exact) mass is 249 g/mol. The van der Waals surface area contributed by atoms with Gasteiger partial charge in [-0.2, -0.15) is 0 Å². The van der Waals surface area contributed by atoms with E-state index in [2.05, 4.69) is 11.0 Å². The molecule has 2 heterocycles. The number of nitrogens with zero attached hydrogens (tertiary/aromatic N) is 1. The SMILES string of the molecule is Clc1cccc2c(CN3CCCCC3)coc12. The maximum Gasteiger partial charge on any atom is 0.152 e. The second-order valence-corrected chi connectivity index (χ2v) is 5.12. The highest BCUT2D eigenvalue weighted by Gasteiger charge is 2.14. The van der Waals surface area contributed by atoms with E-state index in [1.807, 2.05) is 18.4 Å². The predicted octanol–water partition coefficient (Wildman–Crippen LogP) is 4.07. The summed E-state index contributed by atoms with van der Waals surface area (Å²) >= 11 is 6.11. The summed E-state index contributed by atoms with van der Waals surface area (Å²) in [5, 5.41) is 1.86. The summed E-state index contributed by atoms with van der Waals surface area (Å²) in [7, 11) is 0. The van der Waals surface area contributed by atoms with Crippen LogP contribution in [0.3, 0.4) is 0 Å². The van der Waals surface area contributed by atoms with Gasteiger partial charge < -0.3 is 4.42 Å². The average Bonchev–Trinajstić information content (AvgIpc) is 2.76. The lowest BCUT2D eigenvalue weighted by Gasteiger charge is -2.25. The molecule has 0 spiro atoms. The van der Waals surface area contributed by atoms with Crippen molar-refractivity contribution in [2.24, 2.45) is 0 Å². The Balaban J connectivity index is 1.87. The number of fused-ring (bicyclic) bond motifs is 1. The molecule has 0 amide bonds. The minimum Gasteiger partial charge on any atom is -0.462 e. The third kappa shape index (κ3) is 2.20. The number of hydrogen-bond donors (Lipinski definition) is 0. The van der Waals surface area contributed by atoms with E-state index in [0.29, 0.717) is 5.02 Å². The van der Waals surface area contributed by atoms with E-state index in [0.717, 1.165) is 17.5 Å². The zero-order valence-corrected chi connectivity index (χ0v) is 10.5. The molecule has 1 aromatic carbocycles. The van der Waals surface area contributed by atoms with Gasteiger partial charge in [-0.3, -0.25) is 4.90 Å². The van der Waals surface area contributed by atoms with Crippen molar-refractivity contribution < 1.29 is 4.42 Å². The highest BCUT2D eigenvalue weighted by molar-refractivity contribution is 6.34. The van der Waals surface area contributed by atoms with E-state index in [1.54, 1.807) is 0 Å². The number of halogens is 1. The smallest absolute Gasteiger partial charge is 0.152 e. The topological polar surface area (TPSA) is 16.4 Å². The fraction of sp³-hybridized carbons (Fsp3) is 0.429. The Kier molecular flexibility index (Phi) is 3.08. The molecule has 2 aromatic rings. The van der Waals surface area contributed by atoms with Gasteiger partial charge in [-0.15, -0.1) is 0 Å². The largest absolute Gasteiger partial charge is 0.462 e. The summed E-state index contributed by atoms with van der Waals surface area (Å²) in [6.45, 7) is 3.38. The Hall–Kier alpha value is -0.990. The lowest BCUT2D eigenvalue weighted by Crippen LogP contribution is -2.28. The van der Waals surface area contributed by atoms with Gasteiger partial charge in [0.1, 0.15) is 0 Å². The molecule has 1 fully saturated rings. The zero-order valence-electron chi connectivity index (χ0n) is 9.79. The standard InChI is InChI=1S/C14H16ClNO/c15-13-6-4-5-12-11(10-17-14(12)13)9-16-7-2-1-3-8-16/h4-6,10H,1-3,7-9H2. The molecule has 0 saturated carbocycles. The number of piperidine rings is 1. The molecule has 1 saturated heterocycles. The molecule has 1 aliphatic rings. The van der Waals surface area contributed by atoms with Crippen molar-refractivity contribution in [3.8, 4) is 0 Å². The molecule has 3 rings (SSSR count). The fourth-order valence-corrected chi connectivity index (χ4v) is 2.77. The summed E-state index contributed by atoms with van der Waals surface area (Å²) in [5.41, 5.74) is 2.07. The van der Waals surface area contributed by atoms with E-state index < -0.39 is 0 Å². The fourth-order valence-electron chi connectivity index (χ4n) is 2.56. The van der Waals surface area contributed by atoms with E-state index in [9.17, 15) is 0 Å². The molecule has 0 unspecified atom stereocenters. The zero-order chi connectivity index (χ0) is 11.7. The molecule has 17 heavy (non-hydrogen) atoms. The number of furan rings is 1. The van der Waals surface area contributed by atoms with Crippen molar-refractivity contribution in [3.63, 3.8) is 0 Å². The van der Waals surface area contributed by atoms with Crippen LogP contribution in [0.15, 0.2) is 28.9 Å². The van der Waals surface area contributed by atoms with Gasteiger partial charge in [0.25, 0.3) is 0 Å². The summed E-state index contributed by atoms with van der Waals surface area (Å²) in [6, 6.07) is 5.95. The van der Waals surface area contributed by atoms with Crippen LogP contribution in [-0.4, -0.2) is 18.0 Å². The van der Waals surface area contributed by atoms with Crippen molar-refractivity contribution in [2.75, 3.05) is 13.1 Å². The first-order valence-corrected chi connectivity index (χ1v) is 6.59. The number of hydrogen-bond acceptors (Lipinski definition) is 2. The van der Waals surface area contributed by atoms with Gasteiger partial charge in [0.2, 0.25) is 0 Å². The molecule has 90 valence electrons. The van der Waals surface area contributed by atoms with Crippen LogP contribution in [0, 0.1) is 0 Å². The molecule has 0 bridgehead atoms. The Labute approximate surface area is 106 Å². The number of rotatable bonds is 2. The normalized spacial score (nSPS) is 17.7. The van der Waals surface area contributed by atoms with E-state index in [-0.39, 0.29) is 0 Å². The van der Waals surface area contributed by atoms with E-state index in [4.69, 9.17) is 16.0 Å². The van der Waals surface area contributed by atoms with Gasteiger partial charge in [-0.25, -0.2) is 0 Å². The first kappa shape index (κ1) is 11.1. The lowest BCUT2D eigenvalue weighted by molar-refractivity contribution is 0.221. The van der Waals surface area contributed by atoms with Gasteiger partial charge in [0.05, 0.1) is 11.3 Å². The summed E-state index contributed by atoms with van der Waals surface area (Å²) in [6.07, 6.45) is 5.85. The summed E-state index contributed by atoms with van der Waals surface area (Å²) in [4.78, 5) is 2.49. The average molecular weight is 250 g/mol. The maximum atomic E-state index is 6.11. The Morgan fingerprint density at radius 3 is 2.82 bits per heavy atom. The van der Waals surface area contributed by atoms with Gasteiger partial charge in [-0.1, -0.05) is 30.2 Å². The third-order valence-corrected chi connectivity index (χ3v) is 3.77. The van der Waals surface area contributed by atoms with Crippen LogP contribution in [0.1, 0.15) is 24.8 Å². The van der Waals surface area contributed by atoms with Gasteiger partial charge in [0.15, 0.2) is 5.58 Å². The highest BCUT2D eigenvalue weighted by atomic mass is 35.5. The number of likely N-dealkylation sites (tertiary alicyclic amines) is 1. The maximum absolute atomic E-state index is 6.11. The molecule has 0 N–H and O–H groups in total. The molecule has 0 radical (unpaired) electrons. The molecule has 1 aromatic heterocycles. The third-order valence-electron chi connectivity index (χ3n) is 3.47. The van der Waals surface area contributed by atoms with Crippen LogP contribution in [0.25, 0.3) is 11.0 Å². The van der Waals surface area contributed by atoms with Crippen LogP contribution in [0.2, 0.25) is 5.02 Å².